The number of hydrogen-bond acceptors (Lipinski definition) is 2. The molecule has 1 unspecified atom stereocenters. The highest BCUT2D eigenvalue weighted by atomic mass is 19.4. The summed E-state index contributed by atoms with van der Waals surface area (Å²) in [5.41, 5.74) is 5.34. The predicted molar refractivity (Wildman–Crippen MR) is 123 cm³/mol. The van der Waals surface area contributed by atoms with Gasteiger partial charge in [-0.1, -0.05) is 50.8 Å². The van der Waals surface area contributed by atoms with E-state index < -0.39 is 6.36 Å². The van der Waals surface area contributed by atoms with Crippen LogP contribution in [0.25, 0.3) is 11.1 Å². The van der Waals surface area contributed by atoms with Crippen LogP contribution >= 0.6 is 0 Å². The third-order valence-corrected chi connectivity index (χ3v) is 5.58. The van der Waals surface area contributed by atoms with Gasteiger partial charge in [0.2, 0.25) is 0 Å². The molecule has 2 nitrogen and oxygen atoms in total. The van der Waals surface area contributed by atoms with E-state index in [1.54, 1.807) is 12.1 Å². The zero-order valence-corrected chi connectivity index (χ0v) is 19.1. The van der Waals surface area contributed by atoms with Crippen molar-refractivity contribution >= 4 is 5.69 Å². The number of alkyl halides is 3. The fourth-order valence-electron chi connectivity index (χ4n) is 3.83. The van der Waals surface area contributed by atoms with Gasteiger partial charge >= 0.3 is 6.36 Å². The van der Waals surface area contributed by atoms with Gasteiger partial charge in [0.25, 0.3) is 0 Å². The normalized spacial score (nSPS) is 12.1. The summed E-state index contributed by atoms with van der Waals surface area (Å²) < 4.78 is 41.6. The van der Waals surface area contributed by atoms with E-state index in [1.807, 2.05) is 14.0 Å². The summed E-state index contributed by atoms with van der Waals surface area (Å²) in [6.45, 7) is 8.89. The zero-order valence-electron chi connectivity index (χ0n) is 19.1. The van der Waals surface area contributed by atoms with E-state index in [0.29, 0.717) is 12.5 Å². The molecule has 0 aliphatic carbocycles. The molecule has 0 fully saturated rings. The lowest BCUT2D eigenvalue weighted by molar-refractivity contribution is -0.274. The number of rotatable bonds is 9. The predicted octanol–water partition coefficient (Wildman–Crippen LogP) is 7.70. The number of nitrogens with zero attached hydrogens (tertiary/aromatic N) is 1. The lowest BCUT2D eigenvalue weighted by Crippen LogP contribution is -2.19. The smallest absolute Gasteiger partial charge is 0.406 e. The Morgan fingerprint density at radius 2 is 1.77 bits per heavy atom. The van der Waals surface area contributed by atoms with Crippen molar-refractivity contribution in [1.29, 1.82) is 0 Å². The van der Waals surface area contributed by atoms with Gasteiger partial charge in [-0.2, -0.15) is 0 Å². The highest BCUT2D eigenvalue weighted by Crippen LogP contribution is 2.37. The molecule has 5 heteroatoms. The summed E-state index contributed by atoms with van der Waals surface area (Å²) in [5, 5.41) is 0. The molecule has 2 aromatic rings. The van der Waals surface area contributed by atoms with Gasteiger partial charge in [-0.05, 0) is 73.1 Å². The van der Waals surface area contributed by atoms with E-state index in [1.165, 1.54) is 17.7 Å². The van der Waals surface area contributed by atoms with Crippen LogP contribution in [-0.4, -0.2) is 20.0 Å². The molecule has 0 N–H and O–H groups in total. The van der Waals surface area contributed by atoms with E-state index >= 15 is 0 Å². The molecule has 0 aromatic heterocycles. The summed E-state index contributed by atoms with van der Waals surface area (Å²) in [7, 11) is 2.02. The van der Waals surface area contributed by atoms with Crippen LogP contribution in [0.5, 0.6) is 5.75 Å². The molecule has 2 rings (SSSR count). The molecule has 0 aliphatic heterocycles. The second-order valence-corrected chi connectivity index (χ2v) is 7.82. The van der Waals surface area contributed by atoms with Gasteiger partial charge in [-0.3, -0.25) is 0 Å². The molecule has 2 aromatic carbocycles. The van der Waals surface area contributed by atoms with Crippen molar-refractivity contribution in [3.8, 4) is 28.7 Å². The molecule has 0 heterocycles. The van der Waals surface area contributed by atoms with E-state index in [2.05, 4.69) is 54.4 Å². The van der Waals surface area contributed by atoms with Crippen molar-refractivity contribution < 1.29 is 17.9 Å². The molecule has 0 bridgehead atoms. The molecule has 31 heavy (non-hydrogen) atoms. The van der Waals surface area contributed by atoms with Gasteiger partial charge in [0.15, 0.2) is 0 Å². The first-order valence-electron chi connectivity index (χ1n) is 10.8. The maximum absolute atomic E-state index is 12.5. The molecule has 0 radical (unpaired) electrons. The number of ether oxygens (including phenoxy) is 1. The van der Waals surface area contributed by atoms with Crippen LogP contribution in [0.4, 0.5) is 18.9 Å². The summed E-state index contributed by atoms with van der Waals surface area (Å²) >= 11 is 0. The maximum Gasteiger partial charge on any atom is 0.573 e. The van der Waals surface area contributed by atoms with E-state index in [9.17, 15) is 13.2 Å². The van der Waals surface area contributed by atoms with Gasteiger partial charge < -0.3 is 9.64 Å². The van der Waals surface area contributed by atoms with E-state index in [4.69, 9.17) is 0 Å². The van der Waals surface area contributed by atoms with Crippen molar-refractivity contribution in [2.24, 2.45) is 0 Å². The van der Waals surface area contributed by atoms with Crippen LogP contribution in [0.1, 0.15) is 63.5 Å². The Kier molecular flexibility index (Phi) is 8.86. The highest BCUT2D eigenvalue weighted by Gasteiger charge is 2.31. The first kappa shape index (κ1) is 24.7. The van der Waals surface area contributed by atoms with Crippen molar-refractivity contribution in [1.82, 2.24) is 0 Å². The number of anilines is 1. The highest BCUT2D eigenvalue weighted by molar-refractivity contribution is 5.76. The van der Waals surface area contributed by atoms with Crippen LogP contribution in [0.3, 0.4) is 0 Å². The van der Waals surface area contributed by atoms with Crippen LogP contribution < -0.4 is 9.64 Å². The third kappa shape index (κ3) is 6.95. The molecular weight excluding hydrogens is 399 g/mol. The number of benzene rings is 2. The van der Waals surface area contributed by atoms with Crippen molar-refractivity contribution in [3.63, 3.8) is 0 Å². The summed E-state index contributed by atoms with van der Waals surface area (Å²) in [6.07, 6.45) is -0.224. The lowest BCUT2D eigenvalue weighted by Gasteiger charge is -2.25. The van der Waals surface area contributed by atoms with Gasteiger partial charge in [0.05, 0.1) is 6.54 Å². The average molecular weight is 432 g/mol. The Labute approximate surface area is 184 Å². The molecular formula is C26H32F3NO. The second kappa shape index (κ2) is 11.1. The van der Waals surface area contributed by atoms with Crippen LogP contribution in [-0.2, 0) is 0 Å². The van der Waals surface area contributed by atoms with Crippen LogP contribution in [0.15, 0.2) is 36.4 Å². The Morgan fingerprint density at radius 1 is 1.10 bits per heavy atom. The van der Waals surface area contributed by atoms with Crippen LogP contribution in [0.2, 0.25) is 0 Å². The average Bonchev–Trinajstić information content (AvgIpc) is 2.72. The molecule has 0 amide bonds. The summed E-state index contributed by atoms with van der Waals surface area (Å²) in [5.74, 6) is 6.28. The number of unbranched alkanes of at least 4 members (excludes halogenated alkanes) is 1. The Hall–Kier alpha value is -2.61. The third-order valence-electron chi connectivity index (χ3n) is 5.58. The Balaban J connectivity index is 2.53. The first-order chi connectivity index (χ1) is 14.7. The minimum atomic E-state index is -4.69. The maximum atomic E-state index is 12.5. The Morgan fingerprint density at radius 3 is 2.32 bits per heavy atom. The van der Waals surface area contributed by atoms with Crippen molar-refractivity contribution in [2.45, 2.75) is 65.7 Å². The summed E-state index contributed by atoms with van der Waals surface area (Å²) in [4.78, 5) is 2.13. The minimum absolute atomic E-state index is 0.213. The van der Waals surface area contributed by atoms with Gasteiger partial charge in [-0.15, -0.1) is 19.1 Å². The van der Waals surface area contributed by atoms with Crippen molar-refractivity contribution in [2.75, 3.05) is 18.5 Å². The monoisotopic (exact) mass is 431 g/mol. The minimum Gasteiger partial charge on any atom is -0.406 e. The molecule has 0 saturated heterocycles. The zero-order chi connectivity index (χ0) is 23.0. The number of halogens is 3. The molecule has 0 aliphatic rings. The Bertz CT molecular complexity index is 907. The first-order valence-corrected chi connectivity index (χ1v) is 10.8. The second-order valence-electron chi connectivity index (χ2n) is 7.82. The topological polar surface area (TPSA) is 12.5 Å². The molecule has 0 spiro atoms. The molecule has 0 saturated carbocycles. The van der Waals surface area contributed by atoms with Gasteiger partial charge in [0.1, 0.15) is 5.75 Å². The molecule has 168 valence electrons. The van der Waals surface area contributed by atoms with Gasteiger partial charge in [-0.25, -0.2) is 0 Å². The van der Waals surface area contributed by atoms with E-state index in [-0.39, 0.29) is 5.75 Å². The lowest BCUT2D eigenvalue weighted by atomic mass is 9.86. The van der Waals surface area contributed by atoms with Gasteiger partial charge in [0, 0.05) is 12.7 Å². The standard InChI is InChI=1S/C26H32F3NO/c1-6-9-11-20(8-3)22-17-24(19(4)25(18-22)30(5)16-10-7-2)21-12-14-23(15-13-21)31-26(27,28)29/h12-15,17-18,20H,6,8-9,11,16H2,1-5H3. The largest absolute Gasteiger partial charge is 0.573 e. The van der Waals surface area contributed by atoms with Crippen molar-refractivity contribution in [3.05, 3.63) is 47.5 Å². The number of hydrogen-bond donors (Lipinski definition) is 0. The fraction of sp³-hybridized carbons (Fsp3) is 0.462. The fourth-order valence-corrected chi connectivity index (χ4v) is 3.83. The summed E-state index contributed by atoms with van der Waals surface area (Å²) in [6, 6.07) is 10.6. The van der Waals surface area contributed by atoms with Crippen LogP contribution in [0, 0.1) is 18.8 Å². The van der Waals surface area contributed by atoms with E-state index in [0.717, 1.165) is 48.1 Å². The molecule has 1 atom stereocenters. The quantitative estimate of drug-likeness (QED) is 0.377. The SMILES string of the molecule is CC#CCN(C)c1cc(C(CC)CCCC)cc(-c2ccc(OC(F)(F)F)cc2)c1C.